The van der Waals surface area contributed by atoms with Gasteiger partial charge in [-0.25, -0.2) is 0 Å². The van der Waals surface area contributed by atoms with Crippen molar-refractivity contribution in [1.29, 1.82) is 0 Å². The first-order valence-electron chi connectivity index (χ1n) is 6.07. The van der Waals surface area contributed by atoms with Gasteiger partial charge in [0.25, 0.3) is 0 Å². The number of halogens is 2. The smallest absolute Gasteiger partial charge is 0.0548 e. The summed E-state index contributed by atoms with van der Waals surface area (Å²) in [6.07, 6.45) is 1.29. The Kier molecular flexibility index (Phi) is 3.86. The van der Waals surface area contributed by atoms with Gasteiger partial charge < -0.3 is 5.32 Å². The molecule has 2 rings (SSSR count). The van der Waals surface area contributed by atoms with Gasteiger partial charge in [0.05, 0.1) is 5.02 Å². The van der Waals surface area contributed by atoms with Crippen molar-refractivity contribution in [3.63, 3.8) is 0 Å². The highest BCUT2D eigenvalue weighted by molar-refractivity contribution is 9.10. The maximum absolute atomic E-state index is 6.00. The summed E-state index contributed by atoms with van der Waals surface area (Å²) in [4.78, 5) is 0. The van der Waals surface area contributed by atoms with Crippen LogP contribution in [0.5, 0.6) is 0 Å². The average molecular weight is 317 g/mol. The second-order valence-electron chi connectivity index (χ2n) is 5.91. The van der Waals surface area contributed by atoms with Crippen molar-refractivity contribution in [2.45, 2.75) is 38.6 Å². The van der Waals surface area contributed by atoms with Crippen LogP contribution in [-0.2, 0) is 0 Å². The molecule has 3 heteroatoms. The quantitative estimate of drug-likeness (QED) is 0.859. The molecule has 0 bridgehead atoms. The highest BCUT2D eigenvalue weighted by atomic mass is 79.9. The van der Waals surface area contributed by atoms with Gasteiger partial charge in [0, 0.05) is 10.0 Å². The number of hydrogen-bond donors (Lipinski definition) is 1. The van der Waals surface area contributed by atoms with Crippen molar-refractivity contribution < 1.29 is 0 Å². The predicted octanol–water partition coefficient (Wildman–Crippen LogP) is 4.59. The van der Waals surface area contributed by atoms with E-state index in [2.05, 4.69) is 54.2 Å². The first-order chi connectivity index (χ1) is 7.87. The fourth-order valence-corrected chi connectivity index (χ4v) is 2.58. The van der Waals surface area contributed by atoms with Gasteiger partial charge in [0.2, 0.25) is 0 Å². The lowest BCUT2D eigenvalue weighted by Crippen LogP contribution is -2.37. The Morgan fingerprint density at radius 3 is 2.71 bits per heavy atom. The van der Waals surface area contributed by atoms with Crippen LogP contribution in [0.1, 0.15) is 38.7 Å². The van der Waals surface area contributed by atoms with Gasteiger partial charge in [-0.05, 0) is 79.2 Å². The van der Waals surface area contributed by atoms with Gasteiger partial charge in [0.1, 0.15) is 0 Å². The van der Waals surface area contributed by atoms with Gasteiger partial charge in [-0.2, -0.15) is 0 Å². The largest absolute Gasteiger partial charge is 0.312 e. The van der Waals surface area contributed by atoms with E-state index in [9.17, 15) is 0 Å². The molecule has 1 aliphatic carbocycles. The Morgan fingerprint density at radius 1 is 1.41 bits per heavy atom. The fraction of sp³-hybridized carbons (Fsp3) is 0.571. The summed E-state index contributed by atoms with van der Waals surface area (Å²) in [5.74, 6) is 1.49. The Balaban J connectivity index is 1.92. The summed E-state index contributed by atoms with van der Waals surface area (Å²) in [6, 6.07) is 6.28. The SMILES string of the molecule is CC(C)(C)NCC1CC1c1ccc(Cl)c(Br)c1. The lowest BCUT2D eigenvalue weighted by Gasteiger charge is -2.20. The molecular formula is C14H19BrClN. The maximum Gasteiger partial charge on any atom is 0.0548 e. The zero-order valence-corrected chi connectivity index (χ0v) is 12.9. The first kappa shape index (κ1) is 13.4. The van der Waals surface area contributed by atoms with Gasteiger partial charge in [0.15, 0.2) is 0 Å². The van der Waals surface area contributed by atoms with E-state index < -0.39 is 0 Å². The second kappa shape index (κ2) is 4.91. The molecule has 2 unspecified atom stereocenters. The van der Waals surface area contributed by atoms with Crippen molar-refractivity contribution in [2.75, 3.05) is 6.54 Å². The van der Waals surface area contributed by atoms with E-state index in [-0.39, 0.29) is 5.54 Å². The minimum Gasteiger partial charge on any atom is -0.312 e. The molecule has 1 aliphatic rings. The van der Waals surface area contributed by atoms with Crippen LogP contribution >= 0.6 is 27.5 Å². The van der Waals surface area contributed by atoms with Gasteiger partial charge >= 0.3 is 0 Å². The zero-order valence-electron chi connectivity index (χ0n) is 10.6. The molecule has 0 radical (unpaired) electrons. The van der Waals surface area contributed by atoms with E-state index in [1.165, 1.54) is 12.0 Å². The molecular weight excluding hydrogens is 298 g/mol. The number of hydrogen-bond acceptors (Lipinski definition) is 1. The molecule has 1 N–H and O–H groups in total. The van der Waals surface area contributed by atoms with E-state index in [4.69, 9.17) is 11.6 Å². The summed E-state index contributed by atoms with van der Waals surface area (Å²) in [5.41, 5.74) is 1.62. The van der Waals surface area contributed by atoms with E-state index >= 15 is 0 Å². The molecule has 1 fully saturated rings. The number of benzene rings is 1. The minimum absolute atomic E-state index is 0.216. The summed E-state index contributed by atoms with van der Waals surface area (Å²) in [5, 5.41) is 4.36. The topological polar surface area (TPSA) is 12.0 Å². The van der Waals surface area contributed by atoms with Gasteiger partial charge in [-0.3, -0.25) is 0 Å². The van der Waals surface area contributed by atoms with Crippen LogP contribution in [0, 0.1) is 5.92 Å². The monoisotopic (exact) mass is 315 g/mol. The third-order valence-electron chi connectivity index (χ3n) is 3.19. The van der Waals surface area contributed by atoms with E-state index in [0.717, 1.165) is 22.0 Å². The van der Waals surface area contributed by atoms with E-state index in [0.29, 0.717) is 5.92 Å². The van der Waals surface area contributed by atoms with Crippen LogP contribution in [-0.4, -0.2) is 12.1 Å². The number of nitrogens with one attached hydrogen (secondary N) is 1. The normalized spacial score (nSPS) is 23.8. The van der Waals surface area contributed by atoms with Crippen LogP contribution in [0.25, 0.3) is 0 Å². The highest BCUT2D eigenvalue weighted by Gasteiger charge is 2.38. The fourth-order valence-electron chi connectivity index (χ4n) is 2.06. The molecule has 0 aromatic heterocycles. The molecule has 2 atom stereocenters. The zero-order chi connectivity index (χ0) is 12.6. The van der Waals surface area contributed by atoms with E-state index in [1.54, 1.807) is 0 Å². The molecule has 1 nitrogen and oxygen atoms in total. The molecule has 94 valence electrons. The van der Waals surface area contributed by atoms with Crippen LogP contribution in [0.3, 0.4) is 0 Å². The number of rotatable bonds is 3. The Bertz CT molecular complexity index is 411. The summed E-state index contributed by atoms with van der Waals surface area (Å²) >= 11 is 9.49. The Labute approximate surface area is 117 Å². The standard InChI is InChI=1S/C14H19BrClN/c1-14(2,3)17-8-10-6-11(10)9-4-5-13(16)12(15)7-9/h4-5,7,10-11,17H,6,8H2,1-3H3. The summed E-state index contributed by atoms with van der Waals surface area (Å²) < 4.78 is 1.01. The molecule has 1 aromatic carbocycles. The molecule has 1 saturated carbocycles. The van der Waals surface area contributed by atoms with E-state index in [1.807, 2.05) is 6.07 Å². The van der Waals surface area contributed by atoms with Crippen molar-refractivity contribution >= 4 is 27.5 Å². The average Bonchev–Trinajstić information content (AvgIpc) is 2.97. The first-order valence-corrected chi connectivity index (χ1v) is 7.24. The maximum atomic E-state index is 6.00. The summed E-state index contributed by atoms with van der Waals surface area (Å²) in [6.45, 7) is 7.74. The van der Waals surface area contributed by atoms with Crippen molar-refractivity contribution in [2.24, 2.45) is 5.92 Å². The molecule has 0 amide bonds. The van der Waals surface area contributed by atoms with Gasteiger partial charge in [-0.1, -0.05) is 17.7 Å². The van der Waals surface area contributed by atoms with Crippen molar-refractivity contribution in [1.82, 2.24) is 5.32 Å². The van der Waals surface area contributed by atoms with Crippen LogP contribution < -0.4 is 5.32 Å². The van der Waals surface area contributed by atoms with Crippen molar-refractivity contribution in [3.8, 4) is 0 Å². The van der Waals surface area contributed by atoms with Gasteiger partial charge in [-0.15, -0.1) is 0 Å². The lowest BCUT2D eigenvalue weighted by atomic mass is 10.1. The third-order valence-corrected chi connectivity index (χ3v) is 4.40. The molecule has 0 spiro atoms. The van der Waals surface area contributed by atoms with Crippen LogP contribution in [0.15, 0.2) is 22.7 Å². The van der Waals surface area contributed by atoms with Crippen LogP contribution in [0.4, 0.5) is 0 Å². The van der Waals surface area contributed by atoms with Crippen molar-refractivity contribution in [3.05, 3.63) is 33.3 Å². The molecule has 0 aliphatic heterocycles. The Morgan fingerprint density at radius 2 is 2.12 bits per heavy atom. The Hall–Kier alpha value is -0.0500. The third kappa shape index (κ3) is 3.70. The highest BCUT2D eigenvalue weighted by Crippen LogP contribution is 2.48. The molecule has 0 heterocycles. The molecule has 1 aromatic rings. The van der Waals surface area contributed by atoms with Crippen LogP contribution in [0.2, 0.25) is 5.02 Å². The minimum atomic E-state index is 0.216. The second-order valence-corrected chi connectivity index (χ2v) is 7.17. The summed E-state index contributed by atoms with van der Waals surface area (Å²) in [7, 11) is 0. The predicted molar refractivity (Wildman–Crippen MR) is 77.8 cm³/mol. The molecule has 0 saturated heterocycles. The molecule has 17 heavy (non-hydrogen) atoms. The lowest BCUT2D eigenvalue weighted by molar-refractivity contribution is 0.414.